The summed E-state index contributed by atoms with van der Waals surface area (Å²) >= 11 is 0. The number of carbonyl (C=O) groups is 4. The van der Waals surface area contributed by atoms with Crippen LogP contribution in [-0.4, -0.2) is 50.6 Å². The van der Waals surface area contributed by atoms with Crippen LogP contribution in [0.25, 0.3) is 0 Å². The molecule has 0 aliphatic heterocycles. The Balaban J connectivity index is 1.09. The topological polar surface area (TPSA) is 129 Å². The van der Waals surface area contributed by atoms with E-state index in [0.717, 1.165) is 62.5 Å². The molecule has 0 unspecified atom stereocenters. The first-order chi connectivity index (χ1) is 22.8. The molecular formula is C37H46N2O8. The van der Waals surface area contributed by atoms with Gasteiger partial charge in [-0.1, -0.05) is 37.4 Å². The first-order valence-electron chi connectivity index (χ1n) is 16.4. The maximum absolute atomic E-state index is 12.3. The van der Waals surface area contributed by atoms with Crippen LogP contribution in [0.15, 0.2) is 73.8 Å². The maximum atomic E-state index is 12.3. The molecule has 0 aromatic heterocycles. The number of ether oxygens (including phenoxy) is 4. The van der Waals surface area contributed by atoms with E-state index in [1.54, 1.807) is 0 Å². The van der Waals surface area contributed by atoms with Gasteiger partial charge in [0.25, 0.3) is 0 Å². The first kappa shape index (κ1) is 35.3. The van der Waals surface area contributed by atoms with E-state index in [0.29, 0.717) is 67.9 Å². The molecule has 2 saturated carbocycles. The van der Waals surface area contributed by atoms with Gasteiger partial charge in [-0.25, -0.2) is 19.2 Å². The molecule has 2 aliphatic rings. The fraction of sp³-hybridized carbons (Fsp3) is 0.459. The lowest BCUT2D eigenvalue weighted by Gasteiger charge is -2.27. The second-order valence-corrected chi connectivity index (χ2v) is 12.5. The zero-order valence-electron chi connectivity index (χ0n) is 27.0. The van der Waals surface area contributed by atoms with Crippen LogP contribution in [0.3, 0.4) is 0 Å². The summed E-state index contributed by atoms with van der Waals surface area (Å²) in [6.45, 7) is 8.38. The van der Waals surface area contributed by atoms with Crippen LogP contribution in [-0.2, 0) is 35.0 Å². The van der Waals surface area contributed by atoms with E-state index in [4.69, 9.17) is 18.9 Å². The molecule has 2 N–H and O–H groups in total. The molecule has 2 amide bonds. The van der Waals surface area contributed by atoms with Crippen molar-refractivity contribution in [2.45, 2.75) is 57.8 Å². The maximum Gasteiger partial charge on any atom is 0.411 e. The van der Waals surface area contributed by atoms with Crippen LogP contribution < -0.4 is 10.6 Å². The van der Waals surface area contributed by atoms with Gasteiger partial charge in [-0.2, -0.15) is 0 Å². The third kappa shape index (κ3) is 12.6. The zero-order valence-corrected chi connectivity index (χ0v) is 27.0. The molecule has 2 aromatic carbocycles. The molecule has 0 atom stereocenters. The molecule has 0 heterocycles. The van der Waals surface area contributed by atoms with Crippen molar-refractivity contribution < 1.29 is 38.1 Å². The number of hydrogen-bond acceptors (Lipinski definition) is 8. The smallest absolute Gasteiger partial charge is 0.411 e. The van der Waals surface area contributed by atoms with Crippen LogP contribution >= 0.6 is 0 Å². The average molecular weight is 647 g/mol. The third-order valence-electron chi connectivity index (χ3n) is 8.90. The van der Waals surface area contributed by atoms with Crippen LogP contribution in [0, 0.1) is 23.7 Å². The molecule has 0 spiro atoms. The minimum Gasteiger partial charge on any atom is -0.462 e. The molecule has 252 valence electrons. The fourth-order valence-corrected chi connectivity index (χ4v) is 5.99. The molecule has 0 bridgehead atoms. The summed E-state index contributed by atoms with van der Waals surface area (Å²) in [5.41, 5.74) is 3.47. The second kappa shape index (κ2) is 18.5. The van der Waals surface area contributed by atoms with E-state index in [2.05, 4.69) is 23.8 Å². The summed E-state index contributed by atoms with van der Waals surface area (Å²) in [6.07, 6.45) is 9.58. The molecular weight excluding hydrogens is 600 g/mol. The van der Waals surface area contributed by atoms with E-state index >= 15 is 0 Å². The van der Waals surface area contributed by atoms with Crippen LogP contribution in [0.5, 0.6) is 0 Å². The van der Waals surface area contributed by atoms with Crippen LogP contribution in [0.4, 0.5) is 21.0 Å². The SMILES string of the molecule is C=CC(=O)OCC1CCC(COC(=O)Nc2ccc(Cc3ccc(NC(=O)OCC4CCC(COC(=O)C=C)CC4)cc3)cc2)CC1. The van der Waals surface area contributed by atoms with Crippen molar-refractivity contribution in [1.29, 1.82) is 0 Å². The fourth-order valence-electron chi connectivity index (χ4n) is 5.99. The Morgan fingerprint density at radius 2 is 0.830 bits per heavy atom. The van der Waals surface area contributed by atoms with E-state index < -0.39 is 24.1 Å². The number of anilines is 2. The minimum atomic E-state index is -0.475. The number of amides is 2. The van der Waals surface area contributed by atoms with Gasteiger partial charge < -0.3 is 18.9 Å². The summed E-state index contributed by atoms with van der Waals surface area (Å²) < 4.78 is 21.2. The zero-order chi connectivity index (χ0) is 33.4. The van der Waals surface area contributed by atoms with Gasteiger partial charge in [0.1, 0.15) is 0 Å². The summed E-state index contributed by atoms with van der Waals surface area (Å²) in [6, 6.07) is 15.2. The van der Waals surface area contributed by atoms with Crippen molar-refractivity contribution in [1.82, 2.24) is 0 Å². The highest BCUT2D eigenvalue weighted by atomic mass is 16.6. The molecule has 4 rings (SSSR count). The summed E-state index contributed by atoms with van der Waals surface area (Å²) in [7, 11) is 0. The first-order valence-corrected chi connectivity index (χ1v) is 16.4. The van der Waals surface area contributed by atoms with Gasteiger partial charge in [0.05, 0.1) is 26.4 Å². The number of carbonyl (C=O) groups excluding carboxylic acids is 4. The summed E-state index contributed by atoms with van der Waals surface area (Å²) in [4.78, 5) is 47.2. The Bertz CT molecular complexity index is 1240. The summed E-state index contributed by atoms with van der Waals surface area (Å²) in [5.74, 6) is 0.521. The molecule has 47 heavy (non-hydrogen) atoms. The standard InChI is InChI=1S/C37H46N2O8/c1-3-34(40)44-22-28-5-9-30(10-6-28)24-46-36(42)38-32-17-13-26(14-18-32)21-27-15-19-33(20-16-27)39-37(43)47-25-31-11-7-29(8-12-31)23-45-35(41)4-2/h3-4,13-20,28-31H,1-2,5-12,21-25H2,(H,38,42)(H,39,43). The van der Waals surface area contributed by atoms with Crippen molar-refractivity contribution in [2.75, 3.05) is 37.1 Å². The quantitative estimate of drug-likeness (QED) is 0.123. The Hall–Kier alpha value is -4.60. The molecule has 10 heteroatoms. The highest BCUT2D eigenvalue weighted by Crippen LogP contribution is 2.30. The van der Waals surface area contributed by atoms with E-state index in [1.807, 2.05) is 48.5 Å². The Morgan fingerprint density at radius 1 is 0.532 bits per heavy atom. The lowest BCUT2D eigenvalue weighted by atomic mass is 9.83. The van der Waals surface area contributed by atoms with Crippen LogP contribution in [0.1, 0.15) is 62.5 Å². The van der Waals surface area contributed by atoms with Crippen LogP contribution in [0.2, 0.25) is 0 Å². The van der Waals surface area contributed by atoms with Crippen molar-refractivity contribution in [3.05, 3.63) is 85.0 Å². The Labute approximate surface area is 276 Å². The van der Waals surface area contributed by atoms with Gasteiger partial charge in [-0.15, -0.1) is 0 Å². The van der Waals surface area contributed by atoms with E-state index in [9.17, 15) is 19.2 Å². The number of esters is 2. The molecule has 2 fully saturated rings. The Morgan fingerprint density at radius 3 is 1.13 bits per heavy atom. The molecule has 2 aromatic rings. The van der Waals surface area contributed by atoms with Gasteiger partial charge in [-0.05, 0) is 117 Å². The van der Waals surface area contributed by atoms with Crippen molar-refractivity contribution >= 4 is 35.5 Å². The van der Waals surface area contributed by atoms with Crippen molar-refractivity contribution in [3.63, 3.8) is 0 Å². The number of nitrogens with one attached hydrogen (secondary N) is 2. The van der Waals surface area contributed by atoms with Crippen molar-refractivity contribution in [3.8, 4) is 0 Å². The van der Waals surface area contributed by atoms with E-state index in [1.165, 1.54) is 12.2 Å². The molecule has 2 aliphatic carbocycles. The molecule has 0 saturated heterocycles. The van der Waals surface area contributed by atoms with Gasteiger partial charge in [0.15, 0.2) is 0 Å². The lowest BCUT2D eigenvalue weighted by Crippen LogP contribution is -2.24. The van der Waals surface area contributed by atoms with Gasteiger partial charge >= 0.3 is 24.1 Å². The number of rotatable bonds is 14. The van der Waals surface area contributed by atoms with E-state index in [-0.39, 0.29) is 0 Å². The molecule has 10 nitrogen and oxygen atoms in total. The lowest BCUT2D eigenvalue weighted by molar-refractivity contribution is -0.140. The monoisotopic (exact) mass is 646 g/mol. The highest BCUT2D eigenvalue weighted by molar-refractivity contribution is 5.85. The molecule has 0 radical (unpaired) electrons. The highest BCUT2D eigenvalue weighted by Gasteiger charge is 2.24. The number of hydrogen-bond donors (Lipinski definition) is 2. The van der Waals surface area contributed by atoms with Gasteiger partial charge in [0, 0.05) is 23.5 Å². The third-order valence-corrected chi connectivity index (χ3v) is 8.90. The normalized spacial score (nSPS) is 20.6. The average Bonchev–Trinajstić information content (AvgIpc) is 3.10. The minimum absolute atomic E-state index is 0.307. The predicted octanol–water partition coefficient (Wildman–Crippen LogP) is 7.45. The van der Waals surface area contributed by atoms with Gasteiger partial charge in [-0.3, -0.25) is 10.6 Å². The second-order valence-electron chi connectivity index (χ2n) is 12.5. The largest absolute Gasteiger partial charge is 0.462 e. The predicted molar refractivity (Wildman–Crippen MR) is 179 cm³/mol. The Kier molecular flexibility index (Phi) is 13.9. The number of benzene rings is 2. The summed E-state index contributed by atoms with van der Waals surface area (Å²) in [5, 5.41) is 5.58. The van der Waals surface area contributed by atoms with Gasteiger partial charge in [0.2, 0.25) is 0 Å². The van der Waals surface area contributed by atoms with Crippen molar-refractivity contribution in [2.24, 2.45) is 23.7 Å².